The second-order valence-electron chi connectivity index (χ2n) is 8.32. The predicted octanol–water partition coefficient (Wildman–Crippen LogP) is 4.47. The number of anilines is 1. The van der Waals surface area contributed by atoms with Crippen molar-refractivity contribution in [2.75, 3.05) is 18.0 Å². The normalized spacial score (nSPS) is 16.3. The van der Waals surface area contributed by atoms with Crippen LogP contribution in [0.4, 0.5) is 19.0 Å². The molecule has 7 nitrogen and oxygen atoms in total. The van der Waals surface area contributed by atoms with Gasteiger partial charge in [-0.1, -0.05) is 0 Å². The fraction of sp³-hybridized carbons (Fsp3) is 0.304. The Balaban J connectivity index is 1.32. The van der Waals surface area contributed by atoms with E-state index in [-0.39, 0.29) is 16.8 Å². The zero-order valence-electron chi connectivity index (χ0n) is 18.0. The van der Waals surface area contributed by atoms with E-state index >= 15 is 0 Å². The van der Waals surface area contributed by atoms with E-state index in [0.717, 1.165) is 27.8 Å². The molecule has 2 N–H and O–H groups in total. The molecule has 3 aromatic heterocycles. The number of thiophene rings is 1. The SMILES string of the molecule is Cc1c(C(=O)NC2CCN(c3ncnc4sc(CC(F)(F)F)cc34)C2)ccc2[nH]c(C#N)cc12. The van der Waals surface area contributed by atoms with Gasteiger partial charge in [0.2, 0.25) is 0 Å². The number of H-pyrrole nitrogens is 1. The highest BCUT2D eigenvalue weighted by atomic mass is 32.1. The molecule has 1 aliphatic rings. The van der Waals surface area contributed by atoms with Crippen LogP contribution in [0.15, 0.2) is 30.6 Å². The number of carbonyl (C=O) groups excluding carboxylic acids is 1. The Bertz CT molecular complexity index is 1450. The van der Waals surface area contributed by atoms with Gasteiger partial charge >= 0.3 is 6.18 Å². The maximum atomic E-state index is 13.0. The van der Waals surface area contributed by atoms with E-state index in [4.69, 9.17) is 5.26 Å². The van der Waals surface area contributed by atoms with Crippen LogP contribution >= 0.6 is 11.3 Å². The van der Waals surface area contributed by atoms with Gasteiger partial charge in [0.15, 0.2) is 0 Å². The number of benzene rings is 1. The molecule has 11 heteroatoms. The topological polar surface area (TPSA) is 97.7 Å². The first kappa shape index (κ1) is 22.2. The molecule has 1 aliphatic heterocycles. The Labute approximate surface area is 196 Å². The van der Waals surface area contributed by atoms with E-state index in [1.54, 1.807) is 18.2 Å². The smallest absolute Gasteiger partial charge is 0.354 e. The lowest BCUT2D eigenvalue weighted by Gasteiger charge is -2.19. The first-order valence-corrected chi connectivity index (χ1v) is 11.4. The summed E-state index contributed by atoms with van der Waals surface area (Å²) in [6.07, 6.45) is -3.23. The minimum Gasteiger partial charge on any atom is -0.354 e. The van der Waals surface area contributed by atoms with E-state index in [9.17, 15) is 18.0 Å². The van der Waals surface area contributed by atoms with Crippen molar-refractivity contribution in [1.29, 1.82) is 5.26 Å². The quantitative estimate of drug-likeness (QED) is 0.446. The number of amides is 1. The lowest BCUT2D eigenvalue weighted by molar-refractivity contribution is -0.126. The molecule has 1 atom stereocenters. The number of aromatic nitrogens is 3. The summed E-state index contributed by atoms with van der Waals surface area (Å²) in [5.41, 5.74) is 2.56. The number of hydrogen-bond acceptors (Lipinski definition) is 6. The van der Waals surface area contributed by atoms with Crippen molar-refractivity contribution in [3.63, 3.8) is 0 Å². The van der Waals surface area contributed by atoms with Crippen molar-refractivity contribution >= 4 is 44.2 Å². The van der Waals surface area contributed by atoms with Gasteiger partial charge in [0, 0.05) is 40.5 Å². The zero-order valence-corrected chi connectivity index (χ0v) is 18.8. The highest BCUT2D eigenvalue weighted by Crippen LogP contribution is 2.34. The molecule has 1 aromatic carbocycles. The van der Waals surface area contributed by atoms with Crippen LogP contribution in [0.3, 0.4) is 0 Å². The Morgan fingerprint density at radius 2 is 2.15 bits per heavy atom. The number of nitrogens with zero attached hydrogens (tertiary/aromatic N) is 4. The highest BCUT2D eigenvalue weighted by Gasteiger charge is 2.31. The number of alkyl halides is 3. The summed E-state index contributed by atoms with van der Waals surface area (Å²) in [5.74, 6) is 0.377. The third-order valence-corrected chi connectivity index (χ3v) is 7.04. The molecule has 1 amide bonds. The fourth-order valence-electron chi connectivity index (χ4n) is 4.42. The first-order valence-electron chi connectivity index (χ1n) is 10.6. The minimum absolute atomic E-state index is 0.137. The number of aromatic amines is 1. The molecule has 0 bridgehead atoms. The lowest BCUT2D eigenvalue weighted by atomic mass is 10.0. The van der Waals surface area contributed by atoms with E-state index in [1.807, 2.05) is 11.8 Å². The van der Waals surface area contributed by atoms with Crippen LogP contribution in [0.25, 0.3) is 21.1 Å². The van der Waals surface area contributed by atoms with Gasteiger partial charge in [0.05, 0.1) is 11.8 Å². The van der Waals surface area contributed by atoms with Crippen LogP contribution in [0.5, 0.6) is 0 Å². The zero-order chi connectivity index (χ0) is 24.0. The van der Waals surface area contributed by atoms with Crippen LogP contribution in [0.1, 0.15) is 32.9 Å². The lowest BCUT2D eigenvalue weighted by Crippen LogP contribution is -2.37. The van der Waals surface area contributed by atoms with Crippen molar-refractivity contribution in [2.24, 2.45) is 0 Å². The number of hydrogen-bond donors (Lipinski definition) is 2. The molecule has 1 fully saturated rings. The van der Waals surface area contributed by atoms with Crippen LogP contribution in [0.2, 0.25) is 0 Å². The predicted molar refractivity (Wildman–Crippen MR) is 123 cm³/mol. The van der Waals surface area contributed by atoms with Crippen molar-refractivity contribution in [3.8, 4) is 6.07 Å². The van der Waals surface area contributed by atoms with Gasteiger partial charge in [0.1, 0.15) is 28.7 Å². The highest BCUT2D eigenvalue weighted by molar-refractivity contribution is 7.18. The van der Waals surface area contributed by atoms with Crippen molar-refractivity contribution in [1.82, 2.24) is 20.3 Å². The molecule has 1 unspecified atom stereocenters. The van der Waals surface area contributed by atoms with Crippen molar-refractivity contribution in [2.45, 2.75) is 32.0 Å². The van der Waals surface area contributed by atoms with Gasteiger partial charge in [-0.25, -0.2) is 9.97 Å². The van der Waals surface area contributed by atoms with Crippen molar-refractivity contribution < 1.29 is 18.0 Å². The second kappa shape index (κ2) is 8.29. The third kappa shape index (κ3) is 4.17. The number of nitrogens with one attached hydrogen (secondary N) is 2. The molecule has 0 spiro atoms. The summed E-state index contributed by atoms with van der Waals surface area (Å²) in [6, 6.07) is 8.69. The summed E-state index contributed by atoms with van der Waals surface area (Å²) in [5, 5.41) is 13.6. The number of nitriles is 1. The van der Waals surface area contributed by atoms with Gasteiger partial charge < -0.3 is 15.2 Å². The molecule has 0 saturated carbocycles. The average Bonchev–Trinajstić information content (AvgIpc) is 3.49. The van der Waals surface area contributed by atoms with Gasteiger partial charge in [-0.05, 0) is 43.2 Å². The molecular weight excluding hydrogens is 465 g/mol. The van der Waals surface area contributed by atoms with E-state index in [2.05, 4.69) is 26.3 Å². The van der Waals surface area contributed by atoms with Gasteiger partial charge in [-0.15, -0.1) is 11.3 Å². The average molecular weight is 485 g/mol. The monoisotopic (exact) mass is 484 g/mol. The van der Waals surface area contributed by atoms with Crippen molar-refractivity contribution in [3.05, 3.63) is 52.3 Å². The molecule has 34 heavy (non-hydrogen) atoms. The summed E-state index contributed by atoms with van der Waals surface area (Å²) in [7, 11) is 0. The molecular formula is C23H19F3N6OS. The van der Waals surface area contributed by atoms with Gasteiger partial charge in [0.25, 0.3) is 5.91 Å². The molecule has 0 aliphatic carbocycles. The summed E-state index contributed by atoms with van der Waals surface area (Å²) in [4.78, 5) is 27.2. The number of fused-ring (bicyclic) bond motifs is 2. The fourth-order valence-corrected chi connectivity index (χ4v) is 5.44. The number of aryl methyl sites for hydroxylation is 1. The first-order chi connectivity index (χ1) is 16.2. The number of halogens is 3. The second-order valence-corrected chi connectivity index (χ2v) is 9.44. The van der Waals surface area contributed by atoms with E-state index in [0.29, 0.717) is 46.8 Å². The molecule has 5 rings (SSSR count). The molecule has 1 saturated heterocycles. The standard InChI is InChI=1S/C23H19F3N6OS/c1-12-16(2-3-19-17(12)6-14(9-27)30-19)21(33)31-13-4-5-32(10-13)20-18-7-15(8-23(24,25)26)34-22(18)29-11-28-20/h2-3,6-7,11,13,30H,4-5,8,10H2,1H3,(H,31,33). The van der Waals surface area contributed by atoms with E-state index in [1.165, 1.54) is 12.4 Å². The Kier molecular flexibility index (Phi) is 5.40. The largest absolute Gasteiger partial charge is 0.393 e. The van der Waals surface area contributed by atoms with Gasteiger partial charge in [-0.3, -0.25) is 4.79 Å². The summed E-state index contributed by atoms with van der Waals surface area (Å²) < 4.78 is 38.5. The van der Waals surface area contributed by atoms with Crippen LogP contribution in [-0.4, -0.2) is 46.2 Å². The third-order valence-electron chi connectivity index (χ3n) is 6.00. The molecule has 4 heterocycles. The summed E-state index contributed by atoms with van der Waals surface area (Å²) in [6.45, 7) is 2.95. The molecule has 174 valence electrons. The number of rotatable bonds is 4. The van der Waals surface area contributed by atoms with Gasteiger partial charge in [-0.2, -0.15) is 18.4 Å². The van der Waals surface area contributed by atoms with Crippen LogP contribution < -0.4 is 10.2 Å². The van der Waals surface area contributed by atoms with Crippen LogP contribution in [-0.2, 0) is 6.42 Å². The van der Waals surface area contributed by atoms with E-state index < -0.39 is 12.6 Å². The maximum absolute atomic E-state index is 13.0. The Morgan fingerprint density at radius 3 is 2.91 bits per heavy atom. The number of carbonyl (C=O) groups is 1. The minimum atomic E-state index is -4.28. The summed E-state index contributed by atoms with van der Waals surface area (Å²) >= 11 is 1.02. The maximum Gasteiger partial charge on any atom is 0.393 e. The molecule has 4 aromatic rings. The van der Waals surface area contributed by atoms with Crippen LogP contribution in [0, 0.1) is 18.3 Å². The Hall–Kier alpha value is -3.65. The molecule has 0 radical (unpaired) electrons. The Morgan fingerprint density at radius 1 is 1.32 bits per heavy atom.